The summed E-state index contributed by atoms with van der Waals surface area (Å²) in [5.41, 5.74) is 1.68. The van der Waals surface area contributed by atoms with Crippen molar-refractivity contribution in [2.24, 2.45) is 17.3 Å². The lowest BCUT2D eigenvalue weighted by Crippen LogP contribution is -2.51. The molecule has 0 aliphatic carbocycles. The minimum absolute atomic E-state index is 0.0421. The second kappa shape index (κ2) is 8.94. The summed E-state index contributed by atoms with van der Waals surface area (Å²) in [7, 11) is 0. The molecule has 3 aliphatic heterocycles. The van der Waals surface area contributed by atoms with Gasteiger partial charge in [0.05, 0.1) is 0 Å². The van der Waals surface area contributed by atoms with E-state index in [0.29, 0.717) is 11.3 Å². The average Bonchev–Trinajstić information content (AvgIpc) is 2.80. The number of carbonyl (C=O) groups excluding carboxylic acids is 2. The van der Waals surface area contributed by atoms with Gasteiger partial charge in [-0.05, 0) is 56.1 Å². The summed E-state index contributed by atoms with van der Waals surface area (Å²) in [6, 6.07) is 4.19. The molecule has 1 aromatic heterocycles. The first-order valence-corrected chi connectivity index (χ1v) is 11.7. The van der Waals surface area contributed by atoms with Gasteiger partial charge in [0.2, 0.25) is 11.8 Å². The van der Waals surface area contributed by atoms with Gasteiger partial charge in [-0.15, -0.1) is 0 Å². The summed E-state index contributed by atoms with van der Waals surface area (Å²) in [5.74, 6) is 0.693. The Labute approximate surface area is 180 Å². The number of carbonyl (C=O) groups is 2. The number of aromatic nitrogens is 1. The summed E-state index contributed by atoms with van der Waals surface area (Å²) in [5, 5.41) is 0. The maximum Gasteiger partial charge on any atom is 0.225 e. The molecule has 4 rings (SSSR count). The molecule has 1 aromatic rings. The summed E-state index contributed by atoms with van der Waals surface area (Å²) >= 11 is 0. The summed E-state index contributed by atoms with van der Waals surface area (Å²) in [6.45, 7) is 9.36. The van der Waals surface area contributed by atoms with Crippen molar-refractivity contribution in [3.63, 3.8) is 0 Å². The smallest absolute Gasteiger partial charge is 0.225 e. The SMILES string of the molecule is CC(C)C(=O)N1CCC(C(=O)N2CCC3(CC2)CCN(c2ccncc2)CC3)CC1. The monoisotopic (exact) mass is 412 g/mol. The normalized spacial score (nSPS) is 22.6. The van der Waals surface area contributed by atoms with Crippen LogP contribution in [0, 0.1) is 17.3 Å². The molecule has 3 saturated heterocycles. The molecule has 0 N–H and O–H groups in total. The molecule has 3 fully saturated rings. The van der Waals surface area contributed by atoms with Crippen LogP contribution < -0.4 is 4.90 Å². The number of anilines is 1. The van der Waals surface area contributed by atoms with Crippen LogP contribution in [-0.2, 0) is 9.59 Å². The lowest BCUT2D eigenvalue weighted by atomic mass is 9.71. The molecule has 0 radical (unpaired) electrons. The molecule has 2 amide bonds. The first-order chi connectivity index (χ1) is 14.5. The van der Waals surface area contributed by atoms with Crippen molar-refractivity contribution in [1.29, 1.82) is 0 Å². The number of amides is 2. The molecule has 0 saturated carbocycles. The Morgan fingerprint density at radius 1 is 0.900 bits per heavy atom. The van der Waals surface area contributed by atoms with E-state index in [1.54, 1.807) is 0 Å². The van der Waals surface area contributed by atoms with E-state index in [1.165, 1.54) is 18.5 Å². The fraction of sp³-hybridized carbons (Fsp3) is 0.708. The van der Waals surface area contributed by atoms with Gasteiger partial charge in [0, 0.05) is 69.2 Å². The molecule has 0 bridgehead atoms. The van der Waals surface area contributed by atoms with Crippen molar-refractivity contribution < 1.29 is 9.59 Å². The second-order valence-electron chi connectivity index (χ2n) is 9.77. The quantitative estimate of drug-likeness (QED) is 0.765. The third-order valence-corrected chi connectivity index (χ3v) is 7.64. The highest BCUT2D eigenvalue weighted by atomic mass is 16.2. The third-order valence-electron chi connectivity index (χ3n) is 7.64. The van der Waals surface area contributed by atoms with Gasteiger partial charge in [-0.25, -0.2) is 0 Å². The molecular weight excluding hydrogens is 376 g/mol. The van der Waals surface area contributed by atoms with Gasteiger partial charge in [-0.1, -0.05) is 13.8 Å². The Morgan fingerprint density at radius 3 is 2.03 bits per heavy atom. The van der Waals surface area contributed by atoms with E-state index in [4.69, 9.17) is 0 Å². The van der Waals surface area contributed by atoms with Crippen LogP contribution >= 0.6 is 0 Å². The van der Waals surface area contributed by atoms with Crippen molar-refractivity contribution in [2.45, 2.75) is 52.4 Å². The third kappa shape index (κ3) is 4.47. The van der Waals surface area contributed by atoms with Crippen molar-refractivity contribution in [3.8, 4) is 0 Å². The number of hydrogen-bond donors (Lipinski definition) is 0. The number of hydrogen-bond acceptors (Lipinski definition) is 4. The predicted molar refractivity (Wildman–Crippen MR) is 118 cm³/mol. The molecular formula is C24H36N4O2. The van der Waals surface area contributed by atoms with Crippen LogP contribution in [0.5, 0.6) is 0 Å². The van der Waals surface area contributed by atoms with Crippen molar-refractivity contribution >= 4 is 17.5 Å². The zero-order valence-corrected chi connectivity index (χ0v) is 18.6. The van der Waals surface area contributed by atoms with Crippen LogP contribution in [0.1, 0.15) is 52.4 Å². The number of piperidine rings is 3. The lowest BCUT2D eigenvalue weighted by Gasteiger charge is -2.48. The second-order valence-corrected chi connectivity index (χ2v) is 9.77. The van der Waals surface area contributed by atoms with Gasteiger partial charge in [-0.3, -0.25) is 14.6 Å². The first-order valence-electron chi connectivity index (χ1n) is 11.7. The zero-order chi connectivity index (χ0) is 21.1. The van der Waals surface area contributed by atoms with E-state index in [-0.39, 0.29) is 17.7 Å². The molecule has 6 heteroatoms. The summed E-state index contributed by atoms with van der Waals surface area (Å²) in [4.78, 5) is 35.9. The van der Waals surface area contributed by atoms with Gasteiger partial charge in [0.1, 0.15) is 0 Å². The van der Waals surface area contributed by atoms with Gasteiger partial charge in [0.25, 0.3) is 0 Å². The Kier molecular flexibility index (Phi) is 6.30. The maximum atomic E-state index is 13.1. The highest BCUT2D eigenvalue weighted by molar-refractivity contribution is 5.81. The number of rotatable bonds is 3. The van der Waals surface area contributed by atoms with Crippen LogP contribution in [-0.4, -0.2) is 65.9 Å². The highest BCUT2D eigenvalue weighted by Crippen LogP contribution is 2.42. The van der Waals surface area contributed by atoms with Crippen LogP contribution in [0.4, 0.5) is 5.69 Å². The first kappa shape index (κ1) is 21.1. The summed E-state index contributed by atoms with van der Waals surface area (Å²) in [6.07, 6.45) is 10.1. The predicted octanol–water partition coefficient (Wildman–Crippen LogP) is 3.19. The van der Waals surface area contributed by atoms with E-state index in [0.717, 1.165) is 65.0 Å². The van der Waals surface area contributed by atoms with Gasteiger partial charge < -0.3 is 14.7 Å². The molecule has 0 atom stereocenters. The van der Waals surface area contributed by atoms with E-state index >= 15 is 0 Å². The van der Waals surface area contributed by atoms with E-state index in [2.05, 4.69) is 26.9 Å². The van der Waals surface area contributed by atoms with Crippen molar-refractivity contribution in [2.75, 3.05) is 44.2 Å². The average molecular weight is 413 g/mol. The minimum Gasteiger partial charge on any atom is -0.371 e. The van der Waals surface area contributed by atoms with E-state index in [1.807, 2.05) is 31.1 Å². The fourth-order valence-electron chi connectivity index (χ4n) is 5.47. The molecule has 0 aromatic carbocycles. The number of likely N-dealkylation sites (tertiary alicyclic amines) is 2. The van der Waals surface area contributed by atoms with E-state index < -0.39 is 0 Å². The Morgan fingerprint density at radius 2 is 1.47 bits per heavy atom. The number of nitrogens with zero attached hydrogens (tertiary/aromatic N) is 4. The standard InChI is InChI=1S/C24H36N4O2/c1-19(2)22(29)27-13-5-20(6-14-27)23(30)28-17-9-24(10-18-28)7-15-26(16-8-24)21-3-11-25-12-4-21/h3-4,11-12,19-20H,5-10,13-18H2,1-2H3. The van der Waals surface area contributed by atoms with Crippen molar-refractivity contribution in [3.05, 3.63) is 24.5 Å². The molecule has 3 aliphatic rings. The Balaban J connectivity index is 1.24. The molecule has 1 spiro atoms. The van der Waals surface area contributed by atoms with Crippen LogP contribution in [0.3, 0.4) is 0 Å². The summed E-state index contributed by atoms with van der Waals surface area (Å²) < 4.78 is 0. The topological polar surface area (TPSA) is 56.8 Å². The fourth-order valence-corrected chi connectivity index (χ4v) is 5.47. The maximum absolute atomic E-state index is 13.1. The van der Waals surface area contributed by atoms with Crippen LogP contribution in [0.2, 0.25) is 0 Å². The largest absolute Gasteiger partial charge is 0.371 e. The van der Waals surface area contributed by atoms with Gasteiger partial charge in [0.15, 0.2) is 0 Å². The lowest BCUT2D eigenvalue weighted by molar-refractivity contribution is -0.143. The van der Waals surface area contributed by atoms with Gasteiger partial charge in [-0.2, -0.15) is 0 Å². The van der Waals surface area contributed by atoms with E-state index in [9.17, 15) is 9.59 Å². The molecule has 4 heterocycles. The molecule has 164 valence electrons. The highest BCUT2D eigenvalue weighted by Gasteiger charge is 2.40. The van der Waals surface area contributed by atoms with Crippen LogP contribution in [0.25, 0.3) is 0 Å². The Bertz CT molecular complexity index is 725. The zero-order valence-electron chi connectivity index (χ0n) is 18.6. The molecule has 30 heavy (non-hydrogen) atoms. The Hall–Kier alpha value is -2.11. The molecule has 6 nitrogen and oxygen atoms in total. The van der Waals surface area contributed by atoms with Crippen molar-refractivity contribution in [1.82, 2.24) is 14.8 Å². The molecule has 0 unspecified atom stereocenters. The minimum atomic E-state index is 0.0421. The van der Waals surface area contributed by atoms with Gasteiger partial charge >= 0.3 is 0 Å². The van der Waals surface area contributed by atoms with Crippen LogP contribution in [0.15, 0.2) is 24.5 Å². The number of pyridine rings is 1.